The number of nitrogens with zero attached hydrogens (tertiary/aromatic N) is 4. The first kappa shape index (κ1) is 12.5. The zero-order chi connectivity index (χ0) is 14.1. The van der Waals surface area contributed by atoms with E-state index in [-0.39, 0.29) is 5.82 Å². The molecule has 4 nitrogen and oxygen atoms in total. The van der Waals surface area contributed by atoms with Crippen molar-refractivity contribution in [3.05, 3.63) is 60.1 Å². The number of hydrogen-bond acceptors (Lipinski definition) is 3. The van der Waals surface area contributed by atoms with E-state index in [4.69, 9.17) is 0 Å². The normalized spacial score (nSPS) is 10.8. The molecule has 0 spiro atoms. The zero-order valence-electron chi connectivity index (χ0n) is 11.2. The highest BCUT2D eigenvalue weighted by Gasteiger charge is 2.08. The molecule has 0 saturated carbocycles. The van der Waals surface area contributed by atoms with Crippen LogP contribution in [0.2, 0.25) is 0 Å². The quantitative estimate of drug-likeness (QED) is 0.717. The van der Waals surface area contributed by atoms with Crippen LogP contribution in [0.4, 0.5) is 4.39 Å². The molecule has 0 N–H and O–H groups in total. The van der Waals surface area contributed by atoms with Gasteiger partial charge in [0.25, 0.3) is 0 Å². The molecule has 0 unspecified atom stereocenters. The van der Waals surface area contributed by atoms with Gasteiger partial charge in [-0.1, -0.05) is 18.2 Å². The number of benzene rings is 1. The van der Waals surface area contributed by atoms with Gasteiger partial charge in [0.15, 0.2) is 5.82 Å². The fourth-order valence-corrected chi connectivity index (χ4v) is 2.10. The SMILES string of the molecule is Cc1cc(-n2cc(-c3ccccc3F)cn2)nc(C)n1. The summed E-state index contributed by atoms with van der Waals surface area (Å²) in [6, 6.07) is 8.47. The molecule has 0 aliphatic rings. The highest BCUT2D eigenvalue weighted by molar-refractivity contribution is 5.62. The predicted octanol–water partition coefficient (Wildman–Crippen LogP) is 3.09. The molecule has 3 rings (SSSR count). The Hall–Kier alpha value is -2.56. The Morgan fingerprint density at radius 1 is 1.10 bits per heavy atom. The van der Waals surface area contributed by atoms with Crippen LogP contribution in [0.3, 0.4) is 0 Å². The molecular weight excluding hydrogens is 255 g/mol. The summed E-state index contributed by atoms with van der Waals surface area (Å²) in [6.45, 7) is 3.73. The fraction of sp³-hybridized carbons (Fsp3) is 0.133. The van der Waals surface area contributed by atoms with Crippen molar-refractivity contribution in [3.63, 3.8) is 0 Å². The zero-order valence-corrected chi connectivity index (χ0v) is 11.2. The number of rotatable bonds is 2. The van der Waals surface area contributed by atoms with Crippen LogP contribution >= 0.6 is 0 Å². The maximum Gasteiger partial charge on any atom is 0.157 e. The molecule has 2 heterocycles. The van der Waals surface area contributed by atoms with Crippen LogP contribution < -0.4 is 0 Å². The van der Waals surface area contributed by atoms with Crippen molar-refractivity contribution in [2.75, 3.05) is 0 Å². The molecule has 20 heavy (non-hydrogen) atoms. The van der Waals surface area contributed by atoms with Gasteiger partial charge in [-0.15, -0.1) is 0 Å². The Kier molecular flexibility index (Phi) is 3.02. The summed E-state index contributed by atoms with van der Waals surface area (Å²) in [7, 11) is 0. The van der Waals surface area contributed by atoms with Gasteiger partial charge in [-0.05, 0) is 19.9 Å². The average Bonchev–Trinajstić information content (AvgIpc) is 2.87. The first-order valence-electron chi connectivity index (χ1n) is 6.26. The smallest absolute Gasteiger partial charge is 0.157 e. The van der Waals surface area contributed by atoms with Gasteiger partial charge in [0, 0.05) is 29.1 Å². The van der Waals surface area contributed by atoms with Crippen molar-refractivity contribution < 1.29 is 4.39 Å². The second kappa shape index (κ2) is 4.85. The monoisotopic (exact) mass is 268 g/mol. The van der Waals surface area contributed by atoms with Crippen LogP contribution in [0, 0.1) is 19.7 Å². The first-order valence-corrected chi connectivity index (χ1v) is 6.26. The third kappa shape index (κ3) is 2.30. The minimum atomic E-state index is -0.262. The molecule has 0 aliphatic heterocycles. The maximum absolute atomic E-state index is 13.8. The molecule has 3 aromatic rings. The fourth-order valence-electron chi connectivity index (χ4n) is 2.10. The van der Waals surface area contributed by atoms with E-state index in [0.29, 0.717) is 17.2 Å². The summed E-state index contributed by atoms with van der Waals surface area (Å²) in [4.78, 5) is 8.56. The minimum absolute atomic E-state index is 0.262. The molecule has 0 saturated heterocycles. The molecule has 0 aliphatic carbocycles. The number of aromatic nitrogens is 4. The third-order valence-corrected chi connectivity index (χ3v) is 2.95. The summed E-state index contributed by atoms with van der Waals surface area (Å²) in [6.07, 6.45) is 3.39. The summed E-state index contributed by atoms with van der Waals surface area (Å²) in [5, 5.41) is 4.25. The first-order chi connectivity index (χ1) is 9.63. The molecule has 5 heteroatoms. The summed E-state index contributed by atoms with van der Waals surface area (Å²) in [5.74, 6) is 1.10. The van der Waals surface area contributed by atoms with Crippen LogP contribution in [-0.4, -0.2) is 19.7 Å². The van der Waals surface area contributed by atoms with Gasteiger partial charge in [-0.2, -0.15) is 5.10 Å². The van der Waals surface area contributed by atoms with Crippen LogP contribution in [0.25, 0.3) is 16.9 Å². The highest BCUT2D eigenvalue weighted by Crippen LogP contribution is 2.22. The summed E-state index contributed by atoms with van der Waals surface area (Å²) < 4.78 is 15.4. The van der Waals surface area contributed by atoms with Crippen molar-refractivity contribution in [1.29, 1.82) is 0 Å². The largest absolute Gasteiger partial charge is 0.238 e. The lowest BCUT2D eigenvalue weighted by atomic mass is 10.1. The number of halogens is 1. The van der Waals surface area contributed by atoms with Crippen molar-refractivity contribution in [2.24, 2.45) is 0 Å². The van der Waals surface area contributed by atoms with Crippen molar-refractivity contribution >= 4 is 0 Å². The van der Waals surface area contributed by atoms with Gasteiger partial charge < -0.3 is 0 Å². The van der Waals surface area contributed by atoms with Gasteiger partial charge in [-0.3, -0.25) is 0 Å². The molecule has 0 bridgehead atoms. The van der Waals surface area contributed by atoms with E-state index in [1.165, 1.54) is 6.07 Å². The van der Waals surface area contributed by atoms with E-state index in [2.05, 4.69) is 15.1 Å². The van der Waals surface area contributed by atoms with E-state index in [9.17, 15) is 4.39 Å². The topological polar surface area (TPSA) is 43.6 Å². The van der Waals surface area contributed by atoms with Gasteiger partial charge in [0.1, 0.15) is 11.6 Å². The van der Waals surface area contributed by atoms with E-state index in [1.807, 2.05) is 19.9 Å². The minimum Gasteiger partial charge on any atom is -0.238 e. The van der Waals surface area contributed by atoms with Crippen LogP contribution in [0.1, 0.15) is 11.5 Å². The standard InChI is InChI=1S/C15H13FN4/c1-10-7-15(19-11(2)18-10)20-9-12(8-17-20)13-5-3-4-6-14(13)16/h3-9H,1-2H3. The average molecular weight is 268 g/mol. The molecule has 2 aromatic heterocycles. The number of hydrogen-bond donors (Lipinski definition) is 0. The maximum atomic E-state index is 13.8. The molecule has 0 atom stereocenters. The van der Waals surface area contributed by atoms with E-state index in [1.54, 1.807) is 35.3 Å². The molecule has 0 fully saturated rings. The molecule has 1 aromatic carbocycles. The lowest BCUT2D eigenvalue weighted by Crippen LogP contribution is -2.02. The Morgan fingerprint density at radius 3 is 2.65 bits per heavy atom. The van der Waals surface area contributed by atoms with Crippen LogP contribution in [0.5, 0.6) is 0 Å². The lowest BCUT2D eigenvalue weighted by molar-refractivity contribution is 0.631. The Balaban J connectivity index is 2.04. The Labute approximate surface area is 115 Å². The van der Waals surface area contributed by atoms with E-state index in [0.717, 1.165) is 11.3 Å². The second-order valence-electron chi connectivity index (χ2n) is 4.57. The van der Waals surface area contributed by atoms with Crippen molar-refractivity contribution in [1.82, 2.24) is 19.7 Å². The van der Waals surface area contributed by atoms with Crippen molar-refractivity contribution in [3.8, 4) is 16.9 Å². The third-order valence-electron chi connectivity index (χ3n) is 2.95. The van der Waals surface area contributed by atoms with Crippen LogP contribution in [-0.2, 0) is 0 Å². The van der Waals surface area contributed by atoms with E-state index < -0.39 is 0 Å². The molecule has 0 amide bonds. The van der Waals surface area contributed by atoms with Gasteiger partial charge in [-0.25, -0.2) is 19.0 Å². The summed E-state index contributed by atoms with van der Waals surface area (Å²) in [5.41, 5.74) is 2.12. The van der Waals surface area contributed by atoms with Crippen LogP contribution in [0.15, 0.2) is 42.7 Å². The Bertz CT molecular complexity index is 744. The van der Waals surface area contributed by atoms with Gasteiger partial charge in [0.05, 0.1) is 6.20 Å². The lowest BCUT2D eigenvalue weighted by Gasteiger charge is -2.03. The highest BCUT2D eigenvalue weighted by atomic mass is 19.1. The van der Waals surface area contributed by atoms with Gasteiger partial charge >= 0.3 is 0 Å². The van der Waals surface area contributed by atoms with Crippen molar-refractivity contribution in [2.45, 2.75) is 13.8 Å². The molecule has 0 radical (unpaired) electrons. The number of aryl methyl sites for hydroxylation is 2. The van der Waals surface area contributed by atoms with Gasteiger partial charge in [0.2, 0.25) is 0 Å². The van der Waals surface area contributed by atoms with E-state index >= 15 is 0 Å². The Morgan fingerprint density at radius 2 is 1.90 bits per heavy atom. The molecular formula is C15H13FN4. The molecule has 100 valence electrons. The summed E-state index contributed by atoms with van der Waals surface area (Å²) >= 11 is 0. The predicted molar refractivity (Wildman–Crippen MR) is 74.0 cm³/mol. The second-order valence-corrected chi connectivity index (χ2v) is 4.57.